The lowest BCUT2D eigenvalue weighted by Gasteiger charge is -2.40. The van der Waals surface area contributed by atoms with Crippen LogP contribution in [0.4, 0.5) is 4.39 Å². The lowest BCUT2D eigenvalue weighted by atomic mass is 10.0. The predicted molar refractivity (Wildman–Crippen MR) is 83.5 cm³/mol. The van der Waals surface area contributed by atoms with Crippen molar-refractivity contribution in [3.05, 3.63) is 71.5 Å². The number of hydrogen-bond acceptors (Lipinski definition) is 2. The van der Waals surface area contributed by atoms with Crippen molar-refractivity contribution in [1.29, 1.82) is 0 Å². The van der Waals surface area contributed by atoms with Crippen LogP contribution in [0.5, 0.6) is 0 Å². The molecule has 1 fully saturated rings. The van der Waals surface area contributed by atoms with Gasteiger partial charge < -0.3 is 4.90 Å². The summed E-state index contributed by atoms with van der Waals surface area (Å²) in [5.41, 5.74) is 2.09. The van der Waals surface area contributed by atoms with Gasteiger partial charge in [-0.1, -0.05) is 48.5 Å². The van der Waals surface area contributed by atoms with Crippen LogP contribution in [0.2, 0.25) is 0 Å². The van der Waals surface area contributed by atoms with Crippen molar-refractivity contribution in [2.24, 2.45) is 0 Å². The van der Waals surface area contributed by atoms with Crippen molar-refractivity contribution in [1.82, 2.24) is 9.80 Å². The maximum atomic E-state index is 13.9. The highest BCUT2D eigenvalue weighted by Gasteiger charge is 2.26. The maximum Gasteiger partial charge on any atom is 0.127 e. The van der Waals surface area contributed by atoms with Crippen LogP contribution in [0.1, 0.15) is 17.2 Å². The summed E-state index contributed by atoms with van der Waals surface area (Å²) in [5.74, 6) is -0.108. The first kappa shape index (κ1) is 14.2. The third-order valence-electron chi connectivity index (χ3n) is 4.21. The Bertz CT molecular complexity index is 585. The molecule has 2 nitrogen and oxygen atoms in total. The van der Waals surface area contributed by atoms with Gasteiger partial charge in [-0.2, -0.15) is 0 Å². The first-order valence-electron chi connectivity index (χ1n) is 7.45. The van der Waals surface area contributed by atoms with Gasteiger partial charge in [-0.3, -0.25) is 4.90 Å². The Kier molecular flexibility index (Phi) is 4.32. The molecule has 2 aromatic rings. The minimum Gasteiger partial charge on any atom is -0.303 e. The van der Waals surface area contributed by atoms with Gasteiger partial charge in [0.1, 0.15) is 5.82 Å². The Morgan fingerprint density at radius 2 is 1.71 bits per heavy atom. The molecule has 0 aromatic heterocycles. The van der Waals surface area contributed by atoms with Crippen molar-refractivity contribution in [2.45, 2.75) is 12.6 Å². The molecule has 0 radical (unpaired) electrons. The summed E-state index contributed by atoms with van der Waals surface area (Å²) in [5, 5.41) is 0. The van der Waals surface area contributed by atoms with E-state index in [2.05, 4.69) is 41.1 Å². The van der Waals surface area contributed by atoms with Crippen LogP contribution in [0.3, 0.4) is 0 Å². The molecule has 0 amide bonds. The van der Waals surface area contributed by atoms with Crippen molar-refractivity contribution in [2.75, 3.05) is 26.7 Å². The Morgan fingerprint density at radius 3 is 2.48 bits per heavy atom. The summed E-state index contributed by atoms with van der Waals surface area (Å²) in [4.78, 5) is 4.73. The van der Waals surface area contributed by atoms with E-state index in [1.165, 1.54) is 5.56 Å². The van der Waals surface area contributed by atoms with Gasteiger partial charge in [0.2, 0.25) is 0 Å². The highest BCUT2D eigenvalue weighted by Crippen LogP contribution is 2.26. The summed E-state index contributed by atoms with van der Waals surface area (Å²) in [7, 11) is 2.15. The molecule has 1 unspecified atom stereocenters. The summed E-state index contributed by atoms with van der Waals surface area (Å²) in [6.07, 6.45) is 0. The van der Waals surface area contributed by atoms with E-state index in [1.807, 2.05) is 18.2 Å². The van der Waals surface area contributed by atoms with Crippen molar-refractivity contribution < 1.29 is 4.39 Å². The van der Waals surface area contributed by atoms with Gasteiger partial charge in [-0.15, -0.1) is 0 Å². The number of likely N-dealkylation sites (N-methyl/N-ethyl adjacent to an activating group) is 1. The molecule has 3 heteroatoms. The third kappa shape index (κ3) is 3.31. The smallest absolute Gasteiger partial charge is 0.127 e. The van der Waals surface area contributed by atoms with Gasteiger partial charge in [0.25, 0.3) is 0 Å². The fourth-order valence-electron chi connectivity index (χ4n) is 2.98. The highest BCUT2D eigenvalue weighted by molar-refractivity contribution is 5.22. The van der Waals surface area contributed by atoms with Crippen molar-refractivity contribution in [3.63, 3.8) is 0 Å². The van der Waals surface area contributed by atoms with Gasteiger partial charge in [-0.25, -0.2) is 4.39 Å². The molecule has 21 heavy (non-hydrogen) atoms. The predicted octanol–water partition coefficient (Wildman–Crippen LogP) is 3.31. The van der Waals surface area contributed by atoms with Crippen LogP contribution in [-0.2, 0) is 6.54 Å². The second-order valence-electron chi connectivity index (χ2n) is 5.75. The number of rotatable bonds is 3. The molecule has 0 bridgehead atoms. The van der Waals surface area contributed by atoms with Crippen LogP contribution < -0.4 is 0 Å². The molecule has 0 aliphatic carbocycles. The fourth-order valence-corrected chi connectivity index (χ4v) is 2.98. The number of benzene rings is 2. The second kappa shape index (κ2) is 6.37. The Balaban J connectivity index is 1.83. The van der Waals surface area contributed by atoms with Crippen LogP contribution in [-0.4, -0.2) is 36.5 Å². The van der Waals surface area contributed by atoms with Crippen LogP contribution in [0.25, 0.3) is 0 Å². The molecule has 1 aliphatic rings. The molecule has 110 valence electrons. The monoisotopic (exact) mass is 284 g/mol. The normalized spacial score (nSPS) is 20.6. The van der Waals surface area contributed by atoms with Gasteiger partial charge in [-0.05, 0) is 18.7 Å². The maximum absolute atomic E-state index is 13.9. The first-order chi connectivity index (χ1) is 10.2. The Labute approximate surface area is 125 Å². The summed E-state index contributed by atoms with van der Waals surface area (Å²) < 4.78 is 13.9. The van der Waals surface area contributed by atoms with Gasteiger partial charge in [0.15, 0.2) is 0 Å². The Morgan fingerprint density at radius 1 is 1.00 bits per heavy atom. The molecular formula is C18H21FN2. The zero-order valence-corrected chi connectivity index (χ0v) is 12.4. The zero-order valence-electron chi connectivity index (χ0n) is 12.4. The molecule has 1 heterocycles. The average molecular weight is 284 g/mol. The molecule has 3 rings (SSSR count). The highest BCUT2D eigenvalue weighted by atomic mass is 19.1. The average Bonchev–Trinajstić information content (AvgIpc) is 2.52. The quantitative estimate of drug-likeness (QED) is 0.853. The fraction of sp³-hybridized carbons (Fsp3) is 0.333. The number of piperazine rings is 1. The van der Waals surface area contributed by atoms with E-state index in [0.717, 1.165) is 25.2 Å². The van der Waals surface area contributed by atoms with Gasteiger partial charge in [0, 0.05) is 37.8 Å². The molecule has 1 atom stereocenters. The standard InChI is InChI=1S/C18H21FN2/c1-20-11-12-21(13-16-9-5-6-10-17(16)19)18(14-20)15-7-3-2-4-8-15/h2-10,18H,11-14H2,1H3. The van der Waals surface area contributed by atoms with E-state index in [1.54, 1.807) is 12.1 Å². The molecule has 1 saturated heterocycles. The van der Waals surface area contributed by atoms with Crippen LogP contribution >= 0.6 is 0 Å². The Hall–Kier alpha value is -1.71. The van der Waals surface area contributed by atoms with Gasteiger partial charge >= 0.3 is 0 Å². The topological polar surface area (TPSA) is 6.48 Å². The van der Waals surface area contributed by atoms with Crippen molar-refractivity contribution >= 4 is 0 Å². The van der Waals surface area contributed by atoms with E-state index in [0.29, 0.717) is 12.6 Å². The molecular weight excluding hydrogens is 263 g/mol. The van der Waals surface area contributed by atoms with Gasteiger partial charge in [0.05, 0.1) is 0 Å². The number of halogens is 1. The number of nitrogens with zero attached hydrogens (tertiary/aromatic N) is 2. The lowest BCUT2D eigenvalue weighted by molar-refractivity contribution is 0.0824. The van der Waals surface area contributed by atoms with E-state index in [9.17, 15) is 4.39 Å². The third-order valence-corrected chi connectivity index (χ3v) is 4.21. The zero-order chi connectivity index (χ0) is 14.7. The van der Waals surface area contributed by atoms with E-state index < -0.39 is 0 Å². The van der Waals surface area contributed by atoms with Crippen LogP contribution in [0, 0.1) is 5.82 Å². The minimum absolute atomic E-state index is 0.108. The molecule has 0 N–H and O–H groups in total. The van der Waals surface area contributed by atoms with E-state index in [4.69, 9.17) is 0 Å². The largest absolute Gasteiger partial charge is 0.303 e. The summed E-state index contributed by atoms with van der Waals surface area (Å²) in [6, 6.07) is 17.9. The van der Waals surface area contributed by atoms with Crippen molar-refractivity contribution in [3.8, 4) is 0 Å². The molecule has 0 spiro atoms. The molecule has 0 saturated carbocycles. The SMILES string of the molecule is CN1CCN(Cc2ccccc2F)C(c2ccccc2)C1. The summed E-state index contributed by atoms with van der Waals surface area (Å²) >= 11 is 0. The summed E-state index contributed by atoms with van der Waals surface area (Å²) in [6.45, 7) is 3.64. The molecule has 1 aliphatic heterocycles. The van der Waals surface area contributed by atoms with E-state index >= 15 is 0 Å². The lowest BCUT2D eigenvalue weighted by Crippen LogP contribution is -2.46. The first-order valence-corrected chi connectivity index (χ1v) is 7.45. The van der Waals surface area contributed by atoms with Crippen LogP contribution in [0.15, 0.2) is 54.6 Å². The number of hydrogen-bond donors (Lipinski definition) is 0. The van der Waals surface area contributed by atoms with E-state index in [-0.39, 0.29) is 5.82 Å². The minimum atomic E-state index is -0.108. The second-order valence-corrected chi connectivity index (χ2v) is 5.75. The molecule has 2 aromatic carbocycles.